The molecule has 14 heavy (non-hydrogen) atoms. The Hall–Kier alpha value is -0.0900. The second-order valence-electron chi connectivity index (χ2n) is 4.47. The van der Waals surface area contributed by atoms with E-state index in [1.54, 1.807) is 0 Å². The molecule has 4 heteroatoms. The third-order valence-electron chi connectivity index (χ3n) is 3.23. The molecule has 0 aromatic rings. The maximum Gasteiger partial charge on any atom is 0.158 e. The van der Waals surface area contributed by atoms with Crippen LogP contribution in [0.2, 0.25) is 0 Å². The third-order valence-corrected chi connectivity index (χ3v) is 6.41. The molecule has 84 valence electrons. The number of sulfone groups is 1. The number of hydrogen-bond donors (Lipinski definition) is 0. The molecule has 0 unspecified atom stereocenters. The molecule has 0 aromatic heterocycles. The molecule has 1 aliphatic rings. The van der Waals surface area contributed by atoms with E-state index in [1.807, 2.05) is 20.8 Å². The average Bonchev–Trinajstić information content (AvgIpc) is 2.19. The lowest BCUT2D eigenvalue weighted by molar-refractivity contribution is 0.0979. The van der Waals surface area contributed by atoms with Gasteiger partial charge < -0.3 is 4.74 Å². The van der Waals surface area contributed by atoms with Crippen LogP contribution < -0.4 is 0 Å². The number of ether oxygens (including phenoxy) is 1. The standard InChI is InChI=1S/C10H20O3S/c1-4-10(2,3)14(11,12)9-5-7-13-8-6-9/h9H,4-8H2,1-3H3. The van der Waals surface area contributed by atoms with Gasteiger partial charge in [-0.3, -0.25) is 0 Å². The van der Waals surface area contributed by atoms with Gasteiger partial charge in [-0.25, -0.2) is 8.42 Å². The Morgan fingerprint density at radius 1 is 1.29 bits per heavy atom. The molecule has 0 spiro atoms. The summed E-state index contributed by atoms with van der Waals surface area (Å²) >= 11 is 0. The van der Waals surface area contributed by atoms with E-state index in [0.29, 0.717) is 32.5 Å². The first-order chi connectivity index (χ1) is 6.42. The van der Waals surface area contributed by atoms with E-state index >= 15 is 0 Å². The molecule has 1 saturated heterocycles. The zero-order chi connectivity index (χ0) is 10.8. The molecule has 0 aliphatic carbocycles. The maximum absolute atomic E-state index is 12.2. The van der Waals surface area contributed by atoms with Crippen molar-refractivity contribution in [3.8, 4) is 0 Å². The monoisotopic (exact) mass is 220 g/mol. The van der Waals surface area contributed by atoms with Crippen LogP contribution >= 0.6 is 0 Å². The van der Waals surface area contributed by atoms with Crippen molar-refractivity contribution < 1.29 is 13.2 Å². The Kier molecular flexibility index (Phi) is 3.58. The first kappa shape index (κ1) is 12.0. The topological polar surface area (TPSA) is 43.4 Å². The molecule has 0 aromatic carbocycles. The molecule has 3 nitrogen and oxygen atoms in total. The minimum absolute atomic E-state index is 0.189. The summed E-state index contributed by atoms with van der Waals surface area (Å²) in [6.07, 6.45) is 1.99. The summed E-state index contributed by atoms with van der Waals surface area (Å²) < 4.78 is 29.0. The number of rotatable bonds is 3. The fourth-order valence-electron chi connectivity index (χ4n) is 1.64. The van der Waals surface area contributed by atoms with E-state index in [1.165, 1.54) is 0 Å². The van der Waals surface area contributed by atoms with Crippen molar-refractivity contribution in [1.82, 2.24) is 0 Å². The molecule has 0 bridgehead atoms. The summed E-state index contributed by atoms with van der Waals surface area (Å²) in [5, 5.41) is -0.189. The first-order valence-electron chi connectivity index (χ1n) is 5.23. The van der Waals surface area contributed by atoms with Crippen molar-refractivity contribution in [1.29, 1.82) is 0 Å². The third kappa shape index (κ3) is 2.11. The van der Waals surface area contributed by atoms with Gasteiger partial charge in [-0.15, -0.1) is 0 Å². The predicted molar refractivity (Wildman–Crippen MR) is 57.1 cm³/mol. The van der Waals surface area contributed by atoms with Gasteiger partial charge in [-0.2, -0.15) is 0 Å². The first-order valence-corrected chi connectivity index (χ1v) is 6.77. The van der Waals surface area contributed by atoms with E-state index in [4.69, 9.17) is 4.74 Å². The molecule has 0 radical (unpaired) electrons. The predicted octanol–water partition coefficient (Wildman–Crippen LogP) is 1.77. The highest BCUT2D eigenvalue weighted by Gasteiger charge is 2.39. The Morgan fingerprint density at radius 3 is 2.21 bits per heavy atom. The van der Waals surface area contributed by atoms with Crippen molar-refractivity contribution in [3.05, 3.63) is 0 Å². The van der Waals surface area contributed by atoms with Gasteiger partial charge in [0.05, 0.1) is 10.00 Å². The van der Waals surface area contributed by atoms with Crippen molar-refractivity contribution in [2.75, 3.05) is 13.2 Å². The van der Waals surface area contributed by atoms with Crippen molar-refractivity contribution in [3.63, 3.8) is 0 Å². The van der Waals surface area contributed by atoms with Gasteiger partial charge in [0.1, 0.15) is 0 Å². The average molecular weight is 220 g/mol. The van der Waals surface area contributed by atoms with Gasteiger partial charge in [0, 0.05) is 13.2 Å². The summed E-state index contributed by atoms with van der Waals surface area (Å²) in [4.78, 5) is 0. The Labute approximate surface area is 86.8 Å². The second-order valence-corrected chi connectivity index (χ2v) is 7.33. The minimum atomic E-state index is -2.99. The second kappa shape index (κ2) is 4.19. The highest BCUT2D eigenvalue weighted by Crippen LogP contribution is 2.29. The lowest BCUT2D eigenvalue weighted by atomic mass is 10.1. The van der Waals surface area contributed by atoms with Crippen LogP contribution in [0.25, 0.3) is 0 Å². The molecule has 1 aliphatic heterocycles. The fraction of sp³-hybridized carbons (Fsp3) is 1.00. The largest absolute Gasteiger partial charge is 0.381 e. The van der Waals surface area contributed by atoms with Crippen molar-refractivity contribution >= 4 is 9.84 Å². The van der Waals surface area contributed by atoms with E-state index in [-0.39, 0.29) is 5.25 Å². The molecule has 1 heterocycles. The quantitative estimate of drug-likeness (QED) is 0.728. The highest BCUT2D eigenvalue weighted by molar-refractivity contribution is 7.93. The molecule has 0 amide bonds. The van der Waals surface area contributed by atoms with Crippen LogP contribution in [-0.2, 0) is 14.6 Å². The van der Waals surface area contributed by atoms with E-state index in [2.05, 4.69) is 0 Å². The van der Waals surface area contributed by atoms with Crippen LogP contribution in [0.5, 0.6) is 0 Å². The normalized spacial score (nSPS) is 21.1. The van der Waals surface area contributed by atoms with Crippen molar-refractivity contribution in [2.24, 2.45) is 0 Å². The smallest absolute Gasteiger partial charge is 0.158 e. The molecule has 0 N–H and O–H groups in total. The van der Waals surface area contributed by atoms with E-state index in [9.17, 15) is 8.42 Å². The van der Waals surface area contributed by atoms with Crippen LogP contribution in [0.15, 0.2) is 0 Å². The van der Waals surface area contributed by atoms with Gasteiger partial charge in [-0.05, 0) is 33.1 Å². The molecule has 1 rings (SSSR count). The molecule has 0 saturated carbocycles. The highest BCUT2D eigenvalue weighted by atomic mass is 32.2. The van der Waals surface area contributed by atoms with E-state index in [0.717, 1.165) is 0 Å². The van der Waals surface area contributed by atoms with E-state index < -0.39 is 14.6 Å². The molecule has 1 fully saturated rings. The Balaban J connectivity index is 2.83. The van der Waals surface area contributed by atoms with Gasteiger partial charge in [0.25, 0.3) is 0 Å². The molecular weight excluding hydrogens is 200 g/mol. The van der Waals surface area contributed by atoms with Crippen LogP contribution in [0.3, 0.4) is 0 Å². The minimum Gasteiger partial charge on any atom is -0.381 e. The van der Waals surface area contributed by atoms with Crippen LogP contribution in [-0.4, -0.2) is 31.6 Å². The number of hydrogen-bond acceptors (Lipinski definition) is 3. The summed E-state index contributed by atoms with van der Waals surface area (Å²) in [6, 6.07) is 0. The maximum atomic E-state index is 12.2. The lowest BCUT2D eigenvalue weighted by Gasteiger charge is -2.31. The summed E-state index contributed by atoms with van der Waals surface area (Å²) in [5.41, 5.74) is 0. The van der Waals surface area contributed by atoms with Crippen LogP contribution in [0.1, 0.15) is 40.0 Å². The Bertz CT molecular complexity index is 274. The Morgan fingerprint density at radius 2 is 1.79 bits per heavy atom. The van der Waals surface area contributed by atoms with Crippen LogP contribution in [0.4, 0.5) is 0 Å². The summed E-state index contributed by atoms with van der Waals surface area (Å²) in [7, 11) is -2.99. The lowest BCUT2D eigenvalue weighted by Crippen LogP contribution is -2.41. The summed E-state index contributed by atoms with van der Waals surface area (Å²) in [6.45, 7) is 6.74. The van der Waals surface area contributed by atoms with Gasteiger partial charge in [0.2, 0.25) is 0 Å². The van der Waals surface area contributed by atoms with Gasteiger partial charge in [0.15, 0.2) is 9.84 Å². The molecule has 0 atom stereocenters. The zero-order valence-corrected chi connectivity index (χ0v) is 10.1. The summed E-state index contributed by atoms with van der Waals surface area (Å²) in [5.74, 6) is 0. The zero-order valence-electron chi connectivity index (χ0n) is 9.25. The van der Waals surface area contributed by atoms with Gasteiger partial charge in [-0.1, -0.05) is 6.92 Å². The van der Waals surface area contributed by atoms with Crippen LogP contribution in [0, 0.1) is 0 Å². The van der Waals surface area contributed by atoms with Gasteiger partial charge >= 0.3 is 0 Å². The fourth-order valence-corrected chi connectivity index (χ4v) is 3.76. The van der Waals surface area contributed by atoms with Crippen molar-refractivity contribution in [2.45, 2.75) is 50.0 Å². The SMILES string of the molecule is CCC(C)(C)S(=O)(=O)C1CCOCC1. The molecular formula is C10H20O3S.